The standard InChI is InChI=1S/C17H22N4S/c1-14-19-16(10-22-14)9-20-6-4-17(11-20)12-21(13-17)8-15-3-2-5-18-7-15/h2-3,5,7,10H,4,6,8-9,11-13H2,1H3. The molecular weight excluding hydrogens is 292 g/mol. The molecule has 22 heavy (non-hydrogen) atoms. The molecule has 2 saturated heterocycles. The molecule has 0 radical (unpaired) electrons. The van der Waals surface area contributed by atoms with Gasteiger partial charge in [-0.2, -0.15) is 0 Å². The monoisotopic (exact) mass is 314 g/mol. The second-order valence-corrected chi connectivity index (χ2v) is 7.89. The fourth-order valence-electron chi connectivity index (χ4n) is 3.89. The molecule has 0 unspecified atom stereocenters. The maximum absolute atomic E-state index is 4.60. The van der Waals surface area contributed by atoms with E-state index >= 15 is 0 Å². The average molecular weight is 314 g/mol. The Morgan fingerprint density at radius 3 is 2.82 bits per heavy atom. The van der Waals surface area contributed by atoms with Gasteiger partial charge in [-0.25, -0.2) is 4.98 Å². The number of aryl methyl sites for hydroxylation is 1. The first-order valence-electron chi connectivity index (χ1n) is 7.95. The topological polar surface area (TPSA) is 32.3 Å². The van der Waals surface area contributed by atoms with Gasteiger partial charge in [0.2, 0.25) is 0 Å². The summed E-state index contributed by atoms with van der Waals surface area (Å²) in [6.07, 6.45) is 5.16. The van der Waals surface area contributed by atoms with Crippen molar-refractivity contribution < 1.29 is 0 Å². The van der Waals surface area contributed by atoms with Crippen molar-refractivity contribution in [2.45, 2.75) is 26.4 Å². The molecule has 4 rings (SSSR count). The Morgan fingerprint density at radius 2 is 2.09 bits per heavy atom. The van der Waals surface area contributed by atoms with E-state index in [9.17, 15) is 0 Å². The molecule has 0 bridgehead atoms. The molecular formula is C17H22N4S. The summed E-state index contributed by atoms with van der Waals surface area (Å²) >= 11 is 1.76. The van der Waals surface area contributed by atoms with Gasteiger partial charge in [0.15, 0.2) is 0 Å². The minimum Gasteiger partial charge on any atom is -0.298 e. The quantitative estimate of drug-likeness (QED) is 0.868. The molecule has 1 spiro atoms. The molecule has 5 heteroatoms. The lowest BCUT2D eigenvalue weighted by Crippen LogP contribution is -2.56. The number of thiazole rings is 1. The van der Waals surface area contributed by atoms with E-state index in [4.69, 9.17) is 0 Å². The Morgan fingerprint density at radius 1 is 1.23 bits per heavy atom. The van der Waals surface area contributed by atoms with Gasteiger partial charge in [-0.3, -0.25) is 14.8 Å². The van der Waals surface area contributed by atoms with Crippen LogP contribution in [-0.2, 0) is 13.1 Å². The molecule has 0 amide bonds. The Hall–Kier alpha value is -1.30. The van der Waals surface area contributed by atoms with Crippen LogP contribution in [0, 0.1) is 12.3 Å². The summed E-state index contributed by atoms with van der Waals surface area (Å²) in [6.45, 7) is 9.06. The third kappa shape index (κ3) is 2.93. The number of pyridine rings is 1. The summed E-state index contributed by atoms with van der Waals surface area (Å²) in [7, 11) is 0. The van der Waals surface area contributed by atoms with Crippen LogP contribution >= 0.6 is 11.3 Å². The zero-order chi connectivity index (χ0) is 15.0. The highest BCUT2D eigenvalue weighted by Crippen LogP contribution is 2.40. The van der Waals surface area contributed by atoms with Gasteiger partial charge in [0, 0.05) is 55.9 Å². The molecule has 2 aliphatic heterocycles. The highest BCUT2D eigenvalue weighted by atomic mass is 32.1. The van der Waals surface area contributed by atoms with Crippen molar-refractivity contribution in [1.29, 1.82) is 0 Å². The highest BCUT2D eigenvalue weighted by molar-refractivity contribution is 7.09. The van der Waals surface area contributed by atoms with Crippen molar-refractivity contribution in [3.05, 3.63) is 46.2 Å². The lowest BCUT2D eigenvalue weighted by Gasteiger charge is -2.48. The second-order valence-electron chi connectivity index (χ2n) is 6.82. The molecule has 2 aromatic rings. The third-order valence-electron chi connectivity index (χ3n) is 4.82. The van der Waals surface area contributed by atoms with Crippen LogP contribution in [0.2, 0.25) is 0 Å². The predicted octanol–water partition coefficient (Wildman–Crippen LogP) is 2.55. The highest BCUT2D eigenvalue weighted by Gasteiger charge is 2.47. The van der Waals surface area contributed by atoms with Gasteiger partial charge >= 0.3 is 0 Å². The van der Waals surface area contributed by atoms with E-state index < -0.39 is 0 Å². The lowest BCUT2D eigenvalue weighted by molar-refractivity contribution is 0.00148. The smallest absolute Gasteiger partial charge is 0.0897 e. The van der Waals surface area contributed by atoms with Crippen molar-refractivity contribution in [3.63, 3.8) is 0 Å². The van der Waals surface area contributed by atoms with Gasteiger partial charge in [0.1, 0.15) is 0 Å². The zero-order valence-corrected chi connectivity index (χ0v) is 13.9. The Labute approximate surface area is 135 Å². The number of nitrogens with zero attached hydrogens (tertiary/aromatic N) is 4. The summed E-state index contributed by atoms with van der Waals surface area (Å²) in [5.74, 6) is 0. The van der Waals surface area contributed by atoms with Crippen molar-refractivity contribution in [3.8, 4) is 0 Å². The molecule has 2 aliphatic rings. The molecule has 4 nitrogen and oxygen atoms in total. The summed E-state index contributed by atoms with van der Waals surface area (Å²) < 4.78 is 0. The van der Waals surface area contributed by atoms with E-state index in [-0.39, 0.29) is 0 Å². The largest absolute Gasteiger partial charge is 0.298 e. The maximum atomic E-state index is 4.60. The fraction of sp³-hybridized carbons (Fsp3) is 0.529. The summed E-state index contributed by atoms with van der Waals surface area (Å²) in [5.41, 5.74) is 3.10. The van der Waals surface area contributed by atoms with Gasteiger partial charge in [0.25, 0.3) is 0 Å². The van der Waals surface area contributed by atoms with Crippen LogP contribution in [0.15, 0.2) is 29.9 Å². The van der Waals surface area contributed by atoms with Crippen molar-refractivity contribution in [1.82, 2.24) is 19.8 Å². The number of hydrogen-bond donors (Lipinski definition) is 0. The first-order chi connectivity index (χ1) is 10.7. The van der Waals surface area contributed by atoms with Crippen LogP contribution in [-0.4, -0.2) is 45.9 Å². The molecule has 2 fully saturated rings. The molecule has 0 aromatic carbocycles. The first kappa shape index (κ1) is 14.3. The normalized spacial score (nSPS) is 21.3. The fourth-order valence-corrected chi connectivity index (χ4v) is 4.50. The Kier molecular flexibility index (Phi) is 3.72. The number of aromatic nitrogens is 2. The van der Waals surface area contributed by atoms with Gasteiger partial charge in [-0.05, 0) is 31.5 Å². The number of hydrogen-bond acceptors (Lipinski definition) is 5. The van der Waals surface area contributed by atoms with Crippen molar-refractivity contribution >= 4 is 11.3 Å². The van der Waals surface area contributed by atoms with Crippen LogP contribution in [0.5, 0.6) is 0 Å². The minimum absolute atomic E-state index is 0.535. The summed E-state index contributed by atoms with van der Waals surface area (Å²) in [4.78, 5) is 13.9. The molecule has 0 aliphatic carbocycles. The number of likely N-dealkylation sites (tertiary alicyclic amines) is 2. The molecule has 0 atom stereocenters. The zero-order valence-electron chi connectivity index (χ0n) is 13.0. The van der Waals surface area contributed by atoms with E-state index in [1.54, 1.807) is 11.3 Å². The van der Waals surface area contributed by atoms with Crippen molar-refractivity contribution in [2.24, 2.45) is 5.41 Å². The van der Waals surface area contributed by atoms with E-state index in [1.165, 1.54) is 48.9 Å². The van der Waals surface area contributed by atoms with Crippen molar-refractivity contribution in [2.75, 3.05) is 26.2 Å². The number of rotatable bonds is 4. The molecule has 0 saturated carbocycles. The Bertz CT molecular complexity index is 633. The van der Waals surface area contributed by atoms with Crippen LogP contribution in [0.4, 0.5) is 0 Å². The average Bonchev–Trinajstić information content (AvgIpc) is 3.07. The van der Waals surface area contributed by atoms with Gasteiger partial charge in [-0.15, -0.1) is 11.3 Å². The third-order valence-corrected chi connectivity index (χ3v) is 5.64. The maximum Gasteiger partial charge on any atom is 0.0897 e. The minimum atomic E-state index is 0.535. The molecule has 4 heterocycles. The predicted molar refractivity (Wildman–Crippen MR) is 88.7 cm³/mol. The lowest BCUT2D eigenvalue weighted by atomic mass is 9.79. The van der Waals surface area contributed by atoms with E-state index in [2.05, 4.69) is 38.1 Å². The van der Waals surface area contributed by atoms with E-state index in [0.717, 1.165) is 13.1 Å². The van der Waals surface area contributed by atoms with Gasteiger partial charge in [0.05, 0.1) is 10.7 Å². The molecule has 2 aromatic heterocycles. The van der Waals surface area contributed by atoms with Crippen LogP contribution < -0.4 is 0 Å². The SMILES string of the molecule is Cc1nc(CN2CCC3(C2)CN(Cc2cccnc2)C3)cs1. The van der Waals surface area contributed by atoms with Crippen LogP contribution in [0.3, 0.4) is 0 Å². The summed E-state index contributed by atoms with van der Waals surface area (Å²) in [6, 6.07) is 4.20. The molecule has 116 valence electrons. The van der Waals surface area contributed by atoms with Gasteiger partial charge in [-0.1, -0.05) is 6.07 Å². The molecule has 0 N–H and O–H groups in total. The van der Waals surface area contributed by atoms with Crippen LogP contribution in [0.25, 0.3) is 0 Å². The van der Waals surface area contributed by atoms with E-state index in [1.807, 2.05) is 18.5 Å². The van der Waals surface area contributed by atoms with E-state index in [0.29, 0.717) is 5.41 Å². The Balaban J connectivity index is 1.29. The first-order valence-corrected chi connectivity index (χ1v) is 8.83. The van der Waals surface area contributed by atoms with Crippen LogP contribution in [0.1, 0.15) is 22.7 Å². The summed E-state index contributed by atoms with van der Waals surface area (Å²) in [5, 5.41) is 3.38. The van der Waals surface area contributed by atoms with Gasteiger partial charge < -0.3 is 0 Å². The second kappa shape index (κ2) is 5.72.